The van der Waals surface area contributed by atoms with Crippen molar-refractivity contribution < 1.29 is 4.79 Å². The number of piperidine rings is 1. The van der Waals surface area contributed by atoms with Crippen molar-refractivity contribution in [2.45, 2.75) is 25.3 Å². The average molecular weight is 411 g/mol. The summed E-state index contributed by atoms with van der Waals surface area (Å²) in [6.45, 7) is 1.18. The number of aromatic nitrogens is 1. The molecule has 2 aromatic carbocycles. The number of nitriles is 1. The van der Waals surface area contributed by atoms with Gasteiger partial charge >= 0.3 is 0 Å². The number of halogens is 1. The zero-order chi connectivity index (χ0) is 19.5. The molecule has 4 rings (SSSR count). The number of anilines is 1. The first kappa shape index (κ1) is 18.9. The van der Waals surface area contributed by atoms with E-state index in [0.29, 0.717) is 22.8 Å². The van der Waals surface area contributed by atoms with Crippen molar-refractivity contribution in [1.82, 2.24) is 9.88 Å². The molecule has 1 saturated heterocycles. The molecule has 0 spiro atoms. The number of amides is 1. The Labute approximate surface area is 172 Å². The van der Waals surface area contributed by atoms with Crippen LogP contribution in [0.15, 0.2) is 42.5 Å². The third-order valence-electron chi connectivity index (χ3n) is 4.93. The van der Waals surface area contributed by atoms with Crippen LogP contribution in [0, 0.1) is 11.3 Å². The standard InChI is InChI=1S/C21H19ClN4OS/c22-16-11-15(9-8-14(16)12-23)24-20(27)13-26-10-4-3-6-18(26)21-25-17-5-1-2-7-19(17)28-21/h1-2,5,7-9,11,18H,3-4,6,10,13H2,(H,24,27)/t18-/m1/s1. The first-order valence-corrected chi connectivity index (χ1v) is 10.4. The Hall–Kier alpha value is -2.46. The number of carbonyl (C=O) groups is 1. The first-order valence-electron chi connectivity index (χ1n) is 9.23. The molecule has 1 aromatic heterocycles. The van der Waals surface area contributed by atoms with E-state index < -0.39 is 0 Å². The Kier molecular flexibility index (Phi) is 5.58. The second kappa shape index (κ2) is 8.27. The molecule has 1 atom stereocenters. The maximum atomic E-state index is 12.6. The van der Waals surface area contributed by atoms with Crippen LogP contribution in [-0.4, -0.2) is 28.9 Å². The number of nitrogens with zero attached hydrogens (tertiary/aromatic N) is 3. The van der Waals surface area contributed by atoms with E-state index in [-0.39, 0.29) is 11.9 Å². The SMILES string of the molecule is N#Cc1ccc(NC(=O)CN2CCCC[C@@H]2c2nc3ccccc3s2)cc1Cl. The lowest BCUT2D eigenvalue weighted by Crippen LogP contribution is -2.39. The molecule has 1 aliphatic rings. The normalized spacial score (nSPS) is 17.4. The average Bonchev–Trinajstić information content (AvgIpc) is 3.12. The van der Waals surface area contributed by atoms with Gasteiger partial charge in [0.05, 0.1) is 33.4 Å². The lowest BCUT2D eigenvalue weighted by atomic mass is 10.0. The van der Waals surface area contributed by atoms with E-state index in [1.54, 1.807) is 29.5 Å². The maximum absolute atomic E-state index is 12.6. The number of likely N-dealkylation sites (tertiary alicyclic amines) is 1. The topological polar surface area (TPSA) is 69.0 Å². The van der Waals surface area contributed by atoms with Crippen molar-refractivity contribution in [3.8, 4) is 6.07 Å². The van der Waals surface area contributed by atoms with E-state index in [4.69, 9.17) is 21.8 Å². The van der Waals surface area contributed by atoms with Gasteiger partial charge in [0.1, 0.15) is 11.1 Å². The summed E-state index contributed by atoms with van der Waals surface area (Å²) in [7, 11) is 0. The van der Waals surface area contributed by atoms with Gasteiger partial charge in [-0.2, -0.15) is 5.26 Å². The van der Waals surface area contributed by atoms with Crippen molar-refractivity contribution in [3.05, 3.63) is 58.1 Å². The largest absolute Gasteiger partial charge is 0.325 e. The quantitative estimate of drug-likeness (QED) is 0.658. The predicted molar refractivity (Wildman–Crippen MR) is 113 cm³/mol. The number of carbonyl (C=O) groups excluding carboxylic acids is 1. The van der Waals surface area contributed by atoms with Gasteiger partial charge in [0, 0.05) is 5.69 Å². The van der Waals surface area contributed by atoms with Gasteiger partial charge in [-0.05, 0) is 49.7 Å². The van der Waals surface area contributed by atoms with Crippen LogP contribution in [0.4, 0.5) is 5.69 Å². The molecule has 3 aromatic rings. The van der Waals surface area contributed by atoms with Crippen LogP contribution in [0.1, 0.15) is 35.9 Å². The van der Waals surface area contributed by atoms with Crippen LogP contribution in [0.3, 0.4) is 0 Å². The van der Waals surface area contributed by atoms with E-state index in [0.717, 1.165) is 36.3 Å². The summed E-state index contributed by atoms with van der Waals surface area (Å²) in [5.41, 5.74) is 2.01. The van der Waals surface area contributed by atoms with Crippen LogP contribution in [0.5, 0.6) is 0 Å². The van der Waals surface area contributed by atoms with E-state index in [2.05, 4.69) is 16.3 Å². The molecular weight excluding hydrogens is 392 g/mol. The van der Waals surface area contributed by atoms with Crippen LogP contribution in [-0.2, 0) is 4.79 Å². The van der Waals surface area contributed by atoms with Crippen molar-refractivity contribution in [2.24, 2.45) is 0 Å². The molecule has 1 fully saturated rings. The fourth-order valence-electron chi connectivity index (χ4n) is 3.56. The maximum Gasteiger partial charge on any atom is 0.238 e. The number of hydrogen-bond donors (Lipinski definition) is 1. The fraction of sp³-hybridized carbons (Fsp3) is 0.286. The Balaban J connectivity index is 1.48. The highest BCUT2D eigenvalue weighted by Crippen LogP contribution is 2.35. The predicted octanol–water partition coefficient (Wildman–Crippen LogP) is 4.99. The number of thiazole rings is 1. The fourth-order valence-corrected chi connectivity index (χ4v) is 4.92. The minimum atomic E-state index is -0.0891. The molecule has 0 saturated carbocycles. The van der Waals surface area contributed by atoms with Crippen molar-refractivity contribution in [2.75, 3.05) is 18.4 Å². The molecule has 0 unspecified atom stereocenters. The molecule has 1 amide bonds. The lowest BCUT2D eigenvalue weighted by molar-refractivity contribution is -0.118. The molecule has 28 heavy (non-hydrogen) atoms. The summed E-state index contributed by atoms with van der Waals surface area (Å²) in [5, 5.41) is 13.3. The smallest absolute Gasteiger partial charge is 0.238 e. The Bertz CT molecular complexity index is 1020. The highest BCUT2D eigenvalue weighted by molar-refractivity contribution is 7.18. The number of nitrogens with one attached hydrogen (secondary N) is 1. The molecule has 5 nitrogen and oxygen atoms in total. The highest BCUT2D eigenvalue weighted by atomic mass is 35.5. The minimum Gasteiger partial charge on any atom is -0.325 e. The molecule has 0 radical (unpaired) electrons. The number of para-hydroxylation sites is 1. The van der Waals surface area contributed by atoms with E-state index >= 15 is 0 Å². The molecule has 142 valence electrons. The van der Waals surface area contributed by atoms with Gasteiger partial charge in [-0.15, -0.1) is 11.3 Å². The van der Waals surface area contributed by atoms with Crippen molar-refractivity contribution >= 4 is 44.7 Å². The summed E-state index contributed by atoms with van der Waals surface area (Å²) >= 11 is 7.77. The van der Waals surface area contributed by atoms with Gasteiger partial charge in [0.15, 0.2) is 0 Å². The van der Waals surface area contributed by atoms with Gasteiger partial charge in [0.2, 0.25) is 5.91 Å². The molecule has 0 bridgehead atoms. The molecule has 0 aliphatic carbocycles. The van der Waals surface area contributed by atoms with Gasteiger partial charge in [-0.1, -0.05) is 30.2 Å². The first-order chi connectivity index (χ1) is 13.6. The molecule has 1 aliphatic heterocycles. The van der Waals surface area contributed by atoms with Gasteiger partial charge in [0.25, 0.3) is 0 Å². The third kappa shape index (κ3) is 4.02. The third-order valence-corrected chi connectivity index (χ3v) is 6.38. The summed E-state index contributed by atoms with van der Waals surface area (Å²) < 4.78 is 1.18. The van der Waals surface area contributed by atoms with Crippen LogP contribution >= 0.6 is 22.9 Å². The number of rotatable bonds is 4. The molecule has 7 heteroatoms. The van der Waals surface area contributed by atoms with E-state index in [1.165, 1.54) is 4.70 Å². The molecule has 2 heterocycles. The van der Waals surface area contributed by atoms with Crippen LogP contribution in [0.2, 0.25) is 5.02 Å². The summed E-state index contributed by atoms with van der Waals surface area (Å²) in [5.74, 6) is -0.0891. The Morgan fingerprint density at radius 2 is 2.18 bits per heavy atom. The molecular formula is C21H19ClN4OS. The van der Waals surface area contributed by atoms with Gasteiger partial charge < -0.3 is 5.32 Å². The zero-order valence-electron chi connectivity index (χ0n) is 15.2. The Morgan fingerprint density at radius 1 is 1.32 bits per heavy atom. The van der Waals surface area contributed by atoms with Gasteiger partial charge in [-0.25, -0.2) is 4.98 Å². The molecule has 1 N–H and O–H groups in total. The van der Waals surface area contributed by atoms with E-state index in [1.807, 2.05) is 24.3 Å². The summed E-state index contributed by atoms with van der Waals surface area (Å²) in [6, 6.07) is 15.3. The Morgan fingerprint density at radius 3 is 2.96 bits per heavy atom. The number of fused-ring (bicyclic) bond motifs is 1. The highest BCUT2D eigenvalue weighted by Gasteiger charge is 2.28. The lowest BCUT2D eigenvalue weighted by Gasteiger charge is -2.33. The second-order valence-corrected chi connectivity index (χ2v) is 8.33. The number of hydrogen-bond acceptors (Lipinski definition) is 5. The van der Waals surface area contributed by atoms with Crippen LogP contribution in [0.25, 0.3) is 10.2 Å². The number of benzene rings is 2. The van der Waals surface area contributed by atoms with Crippen LogP contribution < -0.4 is 5.32 Å². The van der Waals surface area contributed by atoms with Gasteiger partial charge in [-0.3, -0.25) is 9.69 Å². The van der Waals surface area contributed by atoms with Crippen molar-refractivity contribution in [3.63, 3.8) is 0 Å². The zero-order valence-corrected chi connectivity index (χ0v) is 16.8. The second-order valence-electron chi connectivity index (χ2n) is 6.86. The minimum absolute atomic E-state index is 0.0891. The summed E-state index contributed by atoms with van der Waals surface area (Å²) in [6.07, 6.45) is 3.23. The monoisotopic (exact) mass is 410 g/mol. The van der Waals surface area contributed by atoms with E-state index in [9.17, 15) is 4.79 Å². The van der Waals surface area contributed by atoms with Crippen molar-refractivity contribution in [1.29, 1.82) is 5.26 Å². The summed E-state index contributed by atoms with van der Waals surface area (Å²) in [4.78, 5) is 19.6.